The van der Waals surface area contributed by atoms with Crippen LogP contribution in [0.1, 0.15) is 11.3 Å². The van der Waals surface area contributed by atoms with E-state index in [2.05, 4.69) is 166 Å². The van der Waals surface area contributed by atoms with Crippen LogP contribution < -0.4 is 0 Å². The zero-order chi connectivity index (χ0) is 35.5. The summed E-state index contributed by atoms with van der Waals surface area (Å²) in [4.78, 5) is 0. The fourth-order valence-corrected chi connectivity index (χ4v) is 6.74. The van der Waals surface area contributed by atoms with Gasteiger partial charge in [0.05, 0.1) is 11.5 Å². The van der Waals surface area contributed by atoms with Crippen LogP contribution in [0.4, 0.5) is 0 Å². The second-order valence-electron chi connectivity index (χ2n) is 13.1. The maximum atomic E-state index is 5.81. The minimum Gasteiger partial charge on any atom is -0.496 e. The van der Waals surface area contributed by atoms with Crippen LogP contribution in [-0.2, 0) is 18.0 Å². The topological polar surface area (TPSA) is 13.1 Å². The minimum atomic E-state index is -1.65. The van der Waals surface area contributed by atoms with Crippen molar-refractivity contribution >= 4 is 65.5 Å². The molecule has 0 radical (unpaired) electrons. The van der Waals surface area contributed by atoms with Crippen molar-refractivity contribution in [1.29, 1.82) is 0 Å². The molecule has 0 spiro atoms. The smallest absolute Gasteiger partial charge is 0.0896 e. The molecule has 0 fully saturated rings. The Morgan fingerprint density at radius 1 is 0.510 bits per heavy atom. The maximum Gasteiger partial charge on any atom is 0.0896 e. The molecule has 0 unspecified atom stereocenters. The van der Waals surface area contributed by atoms with Crippen LogP contribution in [0.2, 0.25) is 13.1 Å². The van der Waals surface area contributed by atoms with E-state index in [1.165, 1.54) is 70.9 Å². The van der Waals surface area contributed by atoms with E-state index in [-0.39, 0.29) is 5.43 Å². The SMILES string of the molecule is C[Si](C)=[Zr]([Cl])[Cl].Cc1cc2c(-c3cccc4ccccc34)cccc2[cH-]1.Cc1ccc(-c2cc3c(-c4cccc5ccccc45)cccc3[cH-]2)o1. The van der Waals surface area contributed by atoms with Crippen molar-refractivity contribution in [3.8, 4) is 33.6 Å². The second-order valence-corrected chi connectivity index (χ2v) is 36.1. The summed E-state index contributed by atoms with van der Waals surface area (Å²) in [6.07, 6.45) is 0. The van der Waals surface area contributed by atoms with Gasteiger partial charge in [0.15, 0.2) is 0 Å². The van der Waals surface area contributed by atoms with E-state index in [0.29, 0.717) is 0 Å². The van der Waals surface area contributed by atoms with Gasteiger partial charge in [-0.1, -0.05) is 127 Å². The van der Waals surface area contributed by atoms with Crippen molar-refractivity contribution in [3.63, 3.8) is 0 Å². The predicted molar refractivity (Wildman–Crippen MR) is 221 cm³/mol. The molecule has 0 aliphatic heterocycles. The van der Waals surface area contributed by atoms with Crippen LogP contribution in [0.15, 0.2) is 162 Å². The van der Waals surface area contributed by atoms with Gasteiger partial charge in [-0.3, -0.25) is 0 Å². The van der Waals surface area contributed by atoms with Crippen molar-refractivity contribution in [2.24, 2.45) is 0 Å². The Hall–Kier alpha value is -3.98. The van der Waals surface area contributed by atoms with Crippen molar-refractivity contribution in [2.45, 2.75) is 26.9 Å². The Labute approximate surface area is 315 Å². The van der Waals surface area contributed by atoms with E-state index in [0.717, 1.165) is 17.1 Å². The minimum absolute atomic E-state index is 0.224. The van der Waals surface area contributed by atoms with Gasteiger partial charge in [0, 0.05) is 0 Å². The van der Waals surface area contributed by atoms with Gasteiger partial charge in [-0.25, -0.2) is 0 Å². The first-order valence-electron chi connectivity index (χ1n) is 17.1. The van der Waals surface area contributed by atoms with Crippen LogP contribution in [-0.4, -0.2) is 5.43 Å². The van der Waals surface area contributed by atoms with Gasteiger partial charge < -0.3 is 4.42 Å². The summed E-state index contributed by atoms with van der Waals surface area (Å²) in [7, 11) is 11.2. The molecule has 0 N–H and O–H groups in total. The second kappa shape index (κ2) is 15.7. The first-order valence-corrected chi connectivity index (χ1v) is 29.7. The van der Waals surface area contributed by atoms with Gasteiger partial charge >= 0.3 is 53.5 Å². The van der Waals surface area contributed by atoms with Crippen molar-refractivity contribution in [3.05, 3.63) is 169 Å². The third kappa shape index (κ3) is 7.79. The fraction of sp³-hybridized carbons (Fsp3) is 0.0870. The molecule has 8 aromatic carbocycles. The van der Waals surface area contributed by atoms with Gasteiger partial charge in [0.1, 0.15) is 0 Å². The molecule has 1 aromatic heterocycles. The zero-order valence-corrected chi connectivity index (χ0v) is 34.1. The normalized spacial score (nSPS) is 10.9. The summed E-state index contributed by atoms with van der Waals surface area (Å²) in [6.45, 7) is 8.47. The van der Waals surface area contributed by atoms with E-state index in [1.807, 2.05) is 19.1 Å². The predicted octanol–water partition coefficient (Wildman–Crippen LogP) is 14.8. The van der Waals surface area contributed by atoms with Gasteiger partial charge in [-0.15, -0.1) is 63.5 Å². The first kappa shape index (κ1) is 35.4. The summed E-state index contributed by atoms with van der Waals surface area (Å²) >= 11 is -1.65. The maximum absolute atomic E-state index is 5.81. The Morgan fingerprint density at radius 2 is 0.961 bits per heavy atom. The number of furan rings is 1. The van der Waals surface area contributed by atoms with Gasteiger partial charge in [-0.2, -0.15) is 6.07 Å². The molecular weight excluding hydrogens is 759 g/mol. The molecule has 9 rings (SSSR count). The molecule has 5 heteroatoms. The number of aryl methyl sites for hydroxylation is 2. The monoisotopic (exact) mass is 794 g/mol. The molecular formula is C46H38Cl2OSiZr-2. The first-order chi connectivity index (χ1) is 24.8. The van der Waals surface area contributed by atoms with Crippen LogP contribution in [0.25, 0.3) is 76.7 Å². The molecule has 1 nitrogen and oxygen atoms in total. The van der Waals surface area contributed by atoms with E-state index < -0.39 is 18.0 Å². The van der Waals surface area contributed by atoms with E-state index >= 15 is 0 Å². The van der Waals surface area contributed by atoms with Crippen molar-refractivity contribution in [2.75, 3.05) is 0 Å². The number of hydrogen-bond donors (Lipinski definition) is 0. The summed E-state index contributed by atoms with van der Waals surface area (Å²) < 4.78 is 5.81. The molecule has 0 bridgehead atoms. The summed E-state index contributed by atoms with van der Waals surface area (Å²) in [6, 6.07) is 56.3. The largest absolute Gasteiger partial charge is 0.496 e. The molecule has 0 amide bonds. The van der Waals surface area contributed by atoms with Gasteiger partial charge in [-0.05, 0) is 51.7 Å². The van der Waals surface area contributed by atoms with E-state index in [1.54, 1.807) is 0 Å². The fourth-order valence-electron chi connectivity index (χ4n) is 6.74. The van der Waals surface area contributed by atoms with Crippen LogP contribution in [0, 0.1) is 13.8 Å². The molecule has 51 heavy (non-hydrogen) atoms. The molecule has 9 aromatic rings. The Kier molecular flexibility index (Phi) is 10.9. The number of benzene rings is 6. The van der Waals surface area contributed by atoms with Crippen molar-refractivity contribution in [1.82, 2.24) is 0 Å². The van der Waals surface area contributed by atoms with Crippen LogP contribution >= 0.6 is 17.0 Å². The average molecular weight is 797 g/mol. The molecule has 0 aliphatic carbocycles. The van der Waals surface area contributed by atoms with Gasteiger partial charge in [0.2, 0.25) is 0 Å². The Morgan fingerprint density at radius 3 is 1.47 bits per heavy atom. The molecule has 252 valence electrons. The van der Waals surface area contributed by atoms with Crippen LogP contribution in [0.5, 0.6) is 0 Å². The number of halogens is 2. The average Bonchev–Trinajstić information content (AvgIpc) is 3.89. The Balaban J connectivity index is 0.000000140. The van der Waals surface area contributed by atoms with Gasteiger partial charge in [0.25, 0.3) is 0 Å². The van der Waals surface area contributed by atoms with E-state index in [4.69, 9.17) is 21.4 Å². The molecule has 0 aliphatic rings. The molecule has 0 atom stereocenters. The molecule has 0 saturated carbocycles. The molecule has 0 saturated heterocycles. The zero-order valence-electron chi connectivity index (χ0n) is 29.2. The Bertz CT molecular complexity index is 2650. The van der Waals surface area contributed by atoms with E-state index in [9.17, 15) is 0 Å². The number of fused-ring (bicyclic) bond motifs is 4. The number of rotatable bonds is 3. The number of hydrogen-bond acceptors (Lipinski definition) is 1. The summed E-state index contributed by atoms with van der Waals surface area (Å²) in [5.74, 6) is 1.87. The summed E-state index contributed by atoms with van der Waals surface area (Å²) in [5.41, 5.74) is 7.42. The van der Waals surface area contributed by atoms with Crippen molar-refractivity contribution < 1.29 is 22.4 Å². The standard InChI is InChI=1S/C24H17O.C20H15.C2H6Si.2ClH.Zr/c1-16-12-13-24(25-16)19-14-18-8-5-11-22(23(18)15-19)21-10-4-7-17-6-2-3-9-20(17)21;1-14-12-16-8-5-11-19(20(16)13-14)18-10-4-7-15-6-2-3-9-17(15)18;1-3-2;;;/h2-15H,1H3;2-13H,1H3;1-2H3;2*1H;/q2*-1;;;;+2/p-2. The summed E-state index contributed by atoms with van der Waals surface area (Å²) in [5, 5.41) is 10.4. The third-order valence-corrected chi connectivity index (χ3v) is 29.0. The van der Waals surface area contributed by atoms with Crippen LogP contribution in [0.3, 0.4) is 0 Å². The quantitative estimate of drug-likeness (QED) is 0.128. The third-order valence-electron chi connectivity index (χ3n) is 9.21. The molecule has 1 heterocycles.